The van der Waals surface area contributed by atoms with Gasteiger partial charge in [0.25, 0.3) is 0 Å². The first-order valence-corrected chi connectivity index (χ1v) is 6.07. The van der Waals surface area contributed by atoms with Gasteiger partial charge >= 0.3 is 11.8 Å². The van der Waals surface area contributed by atoms with E-state index in [9.17, 15) is 14.9 Å². The highest BCUT2D eigenvalue weighted by atomic mass is 16.6. The minimum atomic E-state index is -0.573. The molecule has 0 amide bonds. The lowest BCUT2D eigenvalue weighted by atomic mass is 10.2. The van der Waals surface area contributed by atoms with E-state index < -0.39 is 10.9 Å². The van der Waals surface area contributed by atoms with E-state index in [2.05, 4.69) is 10.3 Å². The molecule has 0 aliphatic rings. The summed E-state index contributed by atoms with van der Waals surface area (Å²) in [6.45, 7) is 1.66. The Hall–Kier alpha value is -2.90. The van der Waals surface area contributed by atoms with E-state index in [1.807, 2.05) is 0 Å². The first-order valence-electron chi connectivity index (χ1n) is 6.07. The second-order valence-corrected chi connectivity index (χ2v) is 4.31. The SMILES string of the molecule is COC(=O)c1ccccc1Nc1c([N+](=O)[O-])nc(C)n1C. The Labute approximate surface area is 120 Å². The van der Waals surface area contributed by atoms with Gasteiger partial charge in [0.05, 0.1) is 18.4 Å². The summed E-state index contributed by atoms with van der Waals surface area (Å²) in [6.07, 6.45) is 0. The van der Waals surface area contributed by atoms with Gasteiger partial charge in [0.15, 0.2) is 0 Å². The fourth-order valence-electron chi connectivity index (χ4n) is 1.87. The molecule has 1 N–H and O–H groups in total. The highest BCUT2D eigenvalue weighted by Crippen LogP contribution is 2.29. The van der Waals surface area contributed by atoms with Crippen LogP contribution in [0.5, 0.6) is 0 Å². The van der Waals surface area contributed by atoms with E-state index in [1.165, 1.54) is 7.11 Å². The van der Waals surface area contributed by atoms with Gasteiger partial charge < -0.3 is 20.2 Å². The largest absolute Gasteiger partial charge is 0.465 e. The summed E-state index contributed by atoms with van der Waals surface area (Å²) in [6, 6.07) is 6.60. The zero-order valence-corrected chi connectivity index (χ0v) is 11.8. The maximum Gasteiger partial charge on any atom is 0.407 e. The normalized spacial score (nSPS) is 10.2. The van der Waals surface area contributed by atoms with Crippen molar-refractivity contribution in [2.75, 3.05) is 12.4 Å². The number of hydrogen-bond acceptors (Lipinski definition) is 6. The molecule has 1 aromatic carbocycles. The first kappa shape index (κ1) is 14.5. The predicted octanol–water partition coefficient (Wildman–Crippen LogP) is 2.17. The third-order valence-electron chi connectivity index (χ3n) is 3.06. The zero-order valence-electron chi connectivity index (χ0n) is 11.8. The summed E-state index contributed by atoms with van der Waals surface area (Å²) in [5, 5.41) is 13.9. The fraction of sp³-hybridized carbons (Fsp3) is 0.231. The van der Waals surface area contributed by atoms with Gasteiger partial charge in [-0.2, -0.15) is 0 Å². The lowest BCUT2D eigenvalue weighted by Gasteiger charge is -2.10. The number of aryl methyl sites for hydroxylation is 1. The van der Waals surface area contributed by atoms with Crippen molar-refractivity contribution in [1.82, 2.24) is 9.55 Å². The van der Waals surface area contributed by atoms with E-state index in [1.54, 1.807) is 42.8 Å². The van der Waals surface area contributed by atoms with Crippen LogP contribution in [0.4, 0.5) is 17.3 Å². The van der Waals surface area contributed by atoms with E-state index in [0.29, 0.717) is 11.5 Å². The standard InChI is InChI=1S/C13H14N4O4/c1-8-14-12(17(19)20)11(16(8)2)15-10-7-5-4-6-9(10)13(18)21-3/h4-7,15H,1-3H3. The van der Waals surface area contributed by atoms with Gasteiger partial charge in [-0.05, 0) is 22.0 Å². The molecule has 0 bridgehead atoms. The number of para-hydroxylation sites is 1. The molecule has 8 heteroatoms. The van der Waals surface area contributed by atoms with Crippen molar-refractivity contribution in [3.8, 4) is 0 Å². The van der Waals surface area contributed by atoms with Gasteiger partial charge in [0.1, 0.15) is 0 Å². The van der Waals surface area contributed by atoms with Crippen LogP contribution in [0.1, 0.15) is 16.2 Å². The Morgan fingerprint density at radius 3 is 2.71 bits per heavy atom. The maximum absolute atomic E-state index is 11.7. The molecule has 2 aromatic rings. The number of carbonyl (C=O) groups excluding carboxylic acids is 1. The van der Waals surface area contributed by atoms with Crippen LogP contribution in [0.15, 0.2) is 24.3 Å². The highest BCUT2D eigenvalue weighted by molar-refractivity contribution is 5.96. The Bertz CT molecular complexity index is 708. The van der Waals surface area contributed by atoms with Gasteiger partial charge in [-0.3, -0.25) is 4.57 Å². The van der Waals surface area contributed by atoms with Gasteiger partial charge in [-0.25, -0.2) is 4.79 Å². The second kappa shape index (κ2) is 5.61. The molecule has 0 unspecified atom stereocenters. The number of nitrogens with zero attached hydrogens (tertiary/aromatic N) is 3. The lowest BCUT2D eigenvalue weighted by Crippen LogP contribution is -2.08. The number of ether oxygens (including phenoxy) is 1. The number of imidazole rings is 1. The molecule has 0 fully saturated rings. The Kier molecular flexibility index (Phi) is 3.88. The molecule has 1 aromatic heterocycles. The Morgan fingerprint density at radius 1 is 1.43 bits per heavy atom. The number of carbonyl (C=O) groups is 1. The summed E-state index contributed by atoms with van der Waals surface area (Å²) < 4.78 is 6.24. The highest BCUT2D eigenvalue weighted by Gasteiger charge is 2.25. The van der Waals surface area contributed by atoms with Gasteiger partial charge in [0.2, 0.25) is 11.6 Å². The molecule has 21 heavy (non-hydrogen) atoms. The van der Waals surface area contributed by atoms with Gasteiger partial charge in [-0.15, -0.1) is 0 Å². The van der Waals surface area contributed by atoms with Crippen LogP contribution in [0, 0.1) is 17.0 Å². The number of benzene rings is 1. The van der Waals surface area contributed by atoms with Crippen LogP contribution in [0.2, 0.25) is 0 Å². The van der Waals surface area contributed by atoms with Crippen LogP contribution < -0.4 is 5.32 Å². The van der Waals surface area contributed by atoms with Crippen LogP contribution >= 0.6 is 0 Å². The summed E-state index contributed by atoms with van der Waals surface area (Å²) in [5.74, 6) is -0.136. The monoisotopic (exact) mass is 290 g/mol. The van der Waals surface area contributed by atoms with Crippen LogP contribution in [0.25, 0.3) is 0 Å². The number of aromatic nitrogens is 2. The molecule has 1 heterocycles. The van der Waals surface area contributed by atoms with Gasteiger partial charge in [-0.1, -0.05) is 12.1 Å². The molecule has 0 radical (unpaired) electrons. The van der Waals surface area contributed by atoms with Crippen molar-refractivity contribution in [1.29, 1.82) is 0 Å². The van der Waals surface area contributed by atoms with Gasteiger partial charge in [0, 0.05) is 14.0 Å². The first-order chi connectivity index (χ1) is 9.95. The number of anilines is 2. The molecule has 110 valence electrons. The summed E-state index contributed by atoms with van der Waals surface area (Å²) >= 11 is 0. The molecule has 0 saturated carbocycles. The maximum atomic E-state index is 11.7. The number of rotatable bonds is 4. The number of nitro groups is 1. The van der Waals surface area contributed by atoms with Crippen molar-refractivity contribution in [3.63, 3.8) is 0 Å². The summed E-state index contributed by atoms with van der Waals surface area (Å²) in [4.78, 5) is 26.1. The Morgan fingerprint density at radius 2 is 2.10 bits per heavy atom. The van der Waals surface area contributed by atoms with Crippen molar-refractivity contribution < 1.29 is 14.5 Å². The predicted molar refractivity (Wildman–Crippen MR) is 75.7 cm³/mol. The molecular formula is C13H14N4O4. The average molecular weight is 290 g/mol. The average Bonchev–Trinajstić information content (AvgIpc) is 2.75. The van der Waals surface area contributed by atoms with E-state index in [4.69, 9.17) is 4.74 Å². The van der Waals surface area contributed by atoms with Crippen LogP contribution in [-0.2, 0) is 11.8 Å². The number of esters is 1. The molecular weight excluding hydrogens is 276 g/mol. The minimum absolute atomic E-state index is 0.203. The number of nitrogens with one attached hydrogen (secondary N) is 1. The van der Waals surface area contributed by atoms with Crippen molar-refractivity contribution in [2.45, 2.75) is 6.92 Å². The molecule has 0 saturated heterocycles. The third kappa shape index (κ3) is 2.69. The molecule has 8 nitrogen and oxygen atoms in total. The molecule has 0 spiro atoms. The lowest BCUT2D eigenvalue weighted by molar-refractivity contribution is -0.388. The Balaban J connectivity index is 2.49. The van der Waals surface area contributed by atoms with Crippen molar-refractivity contribution in [2.24, 2.45) is 7.05 Å². The number of hydrogen-bond donors (Lipinski definition) is 1. The summed E-state index contributed by atoms with van der Waals surface area (Å²) in [7, 11) is 2.92. The van der Waals surface area contributed by atoms with E-state index in [0.717, 1.165) is 0 Å². The third-order valence-corrected chi connectivity index (χ3v) is 3.06. The zero-order chi connectivity index (χ0) is 15.6. The molecule has 0 aliphatic carbocycles. The fourth-order valence-corrected chi connectivity index (χ4v) is 1.87. The van der Waals surface area contributed by atoms with Crippen LogP contribution in [0.3, 0.4) is 0 Å². The van der Waals surface area contributed by atoms with E-state index >= 15 is 0 Å². The second-order valence-electron chi connectivity index (χ2n) is 4.31. The van der Waals surface area contributed by atoms with E-state index in [-0.39, 0.29) is 17.2 Å². The number of methoxy groups -OCH3 is 1. The van der Waals surface area contributed by atoms with Crippen molar-refractivity contribution in [3.05, 3.63) is 45.8 Å². The molecule has 2 rings (SSSR count). The molecule has 0 aliphatic heterocycles. The minimum Gasteiger partial charge on any atom is -0.465 e. The topological polar surface area (TPSA) is 99.3 Å². The smallest absolute Gasteiger partial charge is 0.407 e. The summed E-state index contributed by atoms with van der Waals surface area (Å²) in [5.41, 5.74) is 0.698. The quantitative estimate of drug-likeness (QED) is 0.526. The molecule has 0 atom stereocenters. The van der Waals surface area contributed by atoms with Crippen LogP contribution in [-0.4, -0.2) is 27.6 Å². The van der Waals surface area contributed by atoms with Crippen molar-refractivity contribution >= 4 is 23.3 Å².